The molecule has 4 rings (SSSR count). The normalized spacial score (nSPS) is 11.0. The van der Waals surface area contributed by atoms with Crippen LogP contribution in [-0.4, -0.2) is 19.5 Å². The Morgan fingerprint density at radius 2 is 1.86 bits per heavy atom. The number of hydrogen-bond acceptors (Lipinski definition) is 3. The van der Waals surface area contributed by atoms with Crippen LogP contribution in [0.2, 0.25) is 5.02 Å². The van der Waals surface area contributed by atoms with Crippen molar-refractivity contribution in [2.24, 2.45) is 0 Å². The number of fused-ring (bicyclic) bond motifs is 1. The number of rotatable bonds is 2. The summed E-state index contributed by atoms with van der Waals surface area (Å²) < 4.78 is 1.95. The van der Waals surface area contributed by atoms with Crippen molar-refractivity contribution >= 4 is 22.5 Å². The van der Waals surface area contributed by atoms with Gasteiger partial charge in [0.25, 0.3) is 0 Å². The van der Waals surface area contributed by atoms with Crippen molar-refractivity contribution in [2.75, 3.05) is 0 Å². The van der Waals surface area contributed by atoms with Crippen LogP contribution in [0, 0.1) is 0 Å². The maximum atomic E-state index is 5.91. The standard InChI is InChI=1S/C17H11ClN4/c18-14-3-1-12(2-4-14)17-20-10-13-9-15(5-6-16(13)21-17)22-8-7-19-11-22/h1-11H. The third-order valence-electron chi connectivity index (χ3n) is 3.47. The van der Waals surface area contributed by atoms with E-state index in [4.69, 9.17) is 11.6 Å². The van der Waals surface area contributed by atoms with Crippen LogP contribution < -0.4 is 0 Å². The van der Waals surface area contributed by atoms with Gasteiger partial charge in [-0.1, -0.05) is 11.6 Å². The predicted molar refractivity (Wildman–Crippen MR) is 87.1 cm³/mol. The van der Waals surface area contributed by atoms with Crippen molar-refractivity contribution in [3.05, 3.63) is 72.4 Å². The Labute approximate surface area is 132 Å². The monoisotopic (exact) mass is 306 g/mol. The summed E-state index contributed by atoms with van der Waals surface area (Å²) in [4.78, 5) is 13.1. The molecule has 4 nitrogen and oxygen atoms in total. The SMILES string of the molecule is Clc1ccc(-c2ncc3cc(-n4ccnc4)ccc3n2)cc1. The fourth-order valence-corrected chi connectivity index (χ4v) is 2.46. The number of hydrogen-bond donors (Lipinski definition) is 0. The molecule has 4 aromatic rings. The molecule has 0 radical (unpaired) electrons. The molecule has 0 fully saturated rings. The topological polar surface area (TPSA) is 43.6 Å². The molecule has 22 heavy (non-hydrogen) atoms. The summed E-state index contributed by atoms with van der Waals surface area (Å²) in [7, 11) is 0. The van der Waals surface area contributed by atoms with Crippen molar-refractivity contribution in [3.63, 3.8) is 0 Å². The highest BCUT2D eigenvalue weighted by Gasteiger charge is 2.05. The van der Waals surface area contributed by atoms with Crippen LogP contribution in [0.15, 0.2) is 67.4 Å². The molecule has 0 aliphatic rings. The Balaban J connectivity index is 1.78. The second-order valence-electron chi connectivity index (χ2n) is 4.91. The first-order valence-electron chi connectivity index (χ1n) is 6.81. The van der Waals surface area contributed by atoms with Gasteiger partial charge >= 0.3 is 0 Å². The molecule has 2 aromatic heterocycles. The average Bonchev–Trinajstić information content (AvgIpc) is 3.09. The van der Waals surface area contributed by atoms with Crippen molar-refractivity contribution in [3.8, 4) is 17.1 Å². The third kappa shape index (κ3) is 2.34. The molecular formula is C17H11ClN4. The molecule has 0 spiro atoms. The Hall–Kier alpha value is -2.72. The first-order chi connectivity index (χ1) is 10.8. The van der Waals surface area contributed by atoms with Crippen LogP contribution >= 0.6 is 11.6 Å². The zero-order valence-electron chi connectivity index (χ0n) is 11.5. The van der Waals surface area contributed by atoms with E-state index in [1.54, 1.807) is 12.5 Å². The van der Waals surface area contributed by atoms with E-state index in [-0.39, 0.29) is 0 Å². The van der Waals surface area contributed by atoms with Gasteiger partial charge in [-0.25, -0.2) is 15.0 Å². The van der Waals surface area contributed by atoms with Crippen LogP contribution in [0.25, 0.3) is 28.0 Å². The summed E-state index contributed by atoms with van der Waals surface area (Å²) in [6, 6.07) is 13.6. The summed E-state index contributed by atoms with van der Waals surface area (Å²) in [5, 5.41) is 1.69. The van der Waals surface area contributed by atoms with Gasteiger partial charge in [0.05, 0.1) is 11.8 Å². The summed E-state index contributed by atoms with van der Waals surface area (Å²) in [5.41, 5.74) is 2.89. The second-order valence-corrected chi connectivity index (χ2v) is 5.35. The van der Waals surface area contributed by atoms with Crippen molar-refractivity contribution in [1.82, 2.24) is 19.5 Å². The minimum atomic E-state index is 0.694. The number of imidazole rings is 1. The highest BCUT2D eigenvalue weighted by Crippen LogP contribution is 2.22. The van der Waals surface area contributed by atoms with Crippen LogP contribution in [0.4, 0.5) is 0 Å². The highest BCUT2D eigenvalue weighted by atomic mass is 35.5. The molecule has 0 atom stereocenters. The van der Waals surface area contributed by atoms with E-state index >= 15 is 0 Å². The summed E-state index contributed by atoms with van der Waals surface area (Å²) >= 11 is 5.91. The zero-order chi connectivity index (χ0) is 14.9. The van der Waals surface area contributed by atoms with Gasteiger partial charge in [-0.3, -0.25) is 0 Å². The van der Waals surface area contributed by atoms with Crippen molar-refractivity contribution in [1.29, 1.82) is 0 Å². The van der Waals surface area contributed by atoms with Gasteiger partial charge in [0.1, 0.15) is 0 Å². The van der Waals surface area contributed by atoms with Crippen LogP contribution in [-0.2, 0) is 0 Å². The van der Waals surface area contributed by atoms with E-state index in [0.29, 0.717) is 10.8 Å². The van der Waals surface area contributed by atoms with Crippen LogP contribution in [0.5, 0.6) is 0 Å². The van der Waals surface area contributed by atoms with E-state index < -0.39 is 0 Å². The first kappa shape index (κ1) is 13.0. The first-order valence-corrected chi connectivity index (χ1v) is 7.18. The molecule has 0 saturated heterocycles. The van der Waals surface area contributed by atoms with Crippen LogP contribution in [0.1, 0.15) is 0 Å². The fraction of sp³-hybridized carbons (Fsp3) is 0. The minimum Gasteiger partial charge on any atom is -0.306 e. The lowest BCUT2D eigenvalue weighted by Gasteiger charge is -2.06. The molecular weight excluding hydrogens is 296 g/mol. The van der Waals surface area contributed by atoms with E-state index in [2.05, 4.69) is 15.0 Å². The van der Waals surface area contributed by atoms with Gasteiger partial charge in [0.15, 0.2) is 5.82 Å². The Bertz CT molecular complexity index is 931. The molecule has 0 aliphatic carbocycles. The average molecular weight is 307 g/mol. The maximum Gasteiger partial charge on any atom is 0.159 e. The van der Waals surface area contributed by atoms with E-state index in [0.717, 1.165) is 22.2 Å². The molecule has 0 amide bonds. The molecule has 0 bridgehead atoms. The summed E-state index contributed by atoms with van der Waals surface area (Å²) in [6.07, 6.45) is 7.27. The molecule has 2 aromatic carbocycles. The van der Waals surface area contributed by atoms with Crippen molar-refractivity contribution in [2.45, 2.75) is 0 Å². The maximum absolute atomic E-state index is 5.91. The zero-order valence-corrected chi connectivity index (χ0v) is 12.3. The van der Waals surface area contributed by atoms with Gasteiger partial charge in [-0.15, -0.1) is 0 Å². The van der Waals surface area contributed by atoms with Gasteiger partial charge in [0, 0.05) is 40.3 Å². The largest absolute Gasteiger partial charge is 0.306 e. The smallest absolute Gasteiger partial charge is 0.159 e. The van der Waals surface area contributed by atoms with Gasteiger partial charge < -0.3 is 4.57 Å². The molecule has 0 unspecified atom stereocenters. The van der Waals surface area contributed by atoms with E-state index in [1.807, 2.05) is 59.4 Å². The lowest BCUT2D eigenvalue weighted by Crippen LogP contribution is -1.93. The predicted octanol–water partition coefficient (Wildman–Crippen LogP) is 4.14. The Morgan fingerprint density at radius 3 is 2.64 bits per heavy atom. The molecule has 0 saturated carbocycles. The Kier molecular flexibility index (Phi) is 3.09. The minimum absolute atomic E-state index is 0.694. The van der Waals surface area contributed by atoms with E-state index in [1.165, 1.54) is 0 Å². The molecule has 0 aliphatic heterocycles. The van der Waals surface area contributed by atoms with Gasteiger partial charge in [0.2, 0.25) is 0 Å². The van der Waals surface area contributed by atoms with Crippen molar-refractivity contribution < 1.29 is 0 Å². The van der Waals surface area contributed by atoms with Gasteiger partial charge in [-0.05, 0) is 42.5 Å². The number of halogens is 1. The lowest BCUT2D eigenvalue weighted by atomic mass is 10.2. The summed E-state index contributed by atoms with van der Waals surface area (Å²) in [6.45, 7) is 0. The summed E-state index contributed by atoms with van der Waals surface area (Å²) in [5.74, 6) is 0.694. The second kappa shape index (κ2) is 5.24. The molecule has 0 N–H and O–H groups in total. The van der Waals surface area contributed by atoms with Gasteiger partial charge in [-0.2, -0.15) is 0 Å². The number of nitrogens with zero attached hydrogens (tertiary/aromatic N) is 4. The quantitative estimate of drug-likeness (QED) is 0.559. The third-order valence-corrected chi connectivity index (χ3v) is 3.72. The molecule has 106 valence electrons. The molecule has 5 heteroatoms. The number of benzene rings is 2. The van der Waals surface area contributed by atoms with E-state index in [9.17, 15) is 0 Å². The lowest BCUT2D eigenvalue weighted by molar-refractivity contribution is 1.06. The molecule has 2 heterocycles. The number of aromatic nitrogens is 4. The van der Waals surface area contributed by atoms with Crippen LogP contribution in [0.3, 0.4) is 0 Å². The Morgan fingerprint density at radius 1 is 1.00 bits per heavy atom. The fourth-order valence-electron chi connectivity index (χ4n) is 2.33. The highest BCUT2D eigenvalue weighted by molar-refractivity contribution is 6.30.